The summed E-state index contributed by atoms with van der Waals surface area (Å²) in [7, 11) is 1.38. The highest BCUT2D eigenvalue weighted by atomic mass is 35.5. The predicted molar refractivity (Wildman–Crippen MR) is 116 cm³/mol. The number of nitrogens with one attached hydrogen (secondary N) is 1. The molecule has 8 nitrogen and oxygen atoms in total. The second kappa shape index (κ2) is 10.0. The van der Waals surface area contributed by atoms with Crippen LogP contribution in [0.1, 0.15) is 10.4 Å². The predicted octanol–water partition coefficient (Wildman–Crippen LogP) is 4.31. The lowest BCUT2D eigenvalue weighted by molar-refractivity contribution is -0.119. The van der Waals surface area contributed by atoms with Crippen molar-refractivity contribution in [1.29, 1.82) is 0 Å². The van der Waals surface area contributed by atoms with Gasteiger partial charge in [-0.1, -0.05) is 23.2 Å². The largest absolute Gasteiger partial charge is 0.493 e. The molecule has 0 radical (unpaired) electrons. The Bertz CT molecular complexity index is 1090. The molecule has 0 saturated heterocycles. The summed E-state index contributed by atoms with van der Waals surface area (Å²) in [6.45, 7) is -0.377. The van der Waals surface area contributed by atoms with E-state index < -0.39 is 11.8 Å². The van der Waals surface area contributed by atoms with Gasteiger partial charge in [-0.2, -0.15) is 0 Å². The van der Waals surface area contributed by atoms with Gasteiger partial charge in [-0.3, -0.25) is 9.59 Å². The highest BCUT2D eigenvalue weighted by Gasteiger charge is 2.17. The first kappa shape index (κ1) is 22.2. The fourth-order valence-electron chi connectivity index (χ4n) is 2.48. The first-order valence-electron chi connectivity index (χ1n) is 8.85. The number of aromatic nitrogens is 1. The van der Waals surface area contributed by atoms with Crippen LogP contribution in [0.2, 0.25) is 10.0 Å². The molecule has 0 bridgehead atoms. The van der Waals surface area contributed by atoms with E-state index in [0.717, 1.165) is 0 Å². The molecular weight excluding hydrogens is 445 g/mol. The maximum Gasteiger partial charge on any atom is 0.255 e. The molecule has 0 atom stereocenters. The van der Waals surface area contributed by atoms with Crippen LogP contribution in [0.15, 0.2) is 54.7 Å². The minimum Gasteiger partial charge on any atom is -0.493 e. The van der Waals surface area contributed by atoms with Crippen LogP contribution >= 0.6 is 23.2 Å². The van der Waals surface area contributed by atoms with Crippen LogP contribution < -0.4 is 25.3 Å². The number of primary amides is 1. The first-order chi connectivity index (χ1) is 14.9. The Morgan fingerprint density at radius 3 is 2.45 bits per heavy atom. The van der Waals surface area contributed by atoms with Gasteiger partial charge in [0.25, 0.3) is 11.8 Å². The molecule has 31 heavy (non-hydrogen) atoms. The van der Waals surface area contributed by atoms with Crippen molar-refractivity contribution in [3.63, 3.8) is 0 Å². The zero-order valence-electron chi connectivity index (χ0n) is 16.2. The highest BCUT2D eigenvalue weighted by molar-refractivity contribution is 6.33. The number of hydrogen-bond acceptors (Lipinski definition) is 6. The summed E-state index contributed by atoms with van der Waals surface area (Å²) in [5.41, 5.74) is 5.73. The first-order valence-corrected chi connectivity index (χ1v) is 9.61. The number of ether oxygens (including phenoxy) is 3. The van der Waals surface area contributed by atoms with Crippen molar-refractivity contribution in [2.24, 2.45) is 5.73 Å². The van der Waals surface area contributed by atoms with E-state index in [4.69, 9.17) is 43.1 Å². The molecule has 0 aliphatic rings. The Morgan fingerprint density at radius 2 is 1.84 bits per heavy atom. The Labute approximate surface area is 187 Å². The summed E-state index contributed by atoms with van der Waals surface area (Å²) >= 11 is 12.0. The molecule has 0 saturated carbocycles. The van der Waals surface area contributed by atoms with Gasteiger partial charge in [0.2, 0.25) is 5.88 Å². The van der Waals surface area contributed by atoms with Crippen LogP contribution in [0.3, 0.4) is 0 Å². The molecule has 2 aromatic carbocycles. The number of carbonyl (C=O) groups excluding carboxylic acids is 2. The van der Waals surface area contributed by atoms with E-state index in [-0.39, 0.29) is 28.7 Å². The van der Waals surface area contributed by atoms with E-state index in [1.54, 1.807) is 36.4 Å². The number of halogens is 2. The molecule has 0 unspecified atom stereocenters. The molecule has 160 valence electrons. The third-order valence-corrected chi connectivity index (χ3v) is 4.41. The van der Waals surface area contributed by atoms with Crippen molar-refractivity contribution in [2.75, 3.05) is 19.0 Å². The van der Waals surface area contributed by atoms with Crippen molar-refractivity contribution < 1.29 is 23.8 Å². The van der Waals surface area contributed by atoms with Crippen LogP contribution in [-0.2, 0) is 4.79 Å². The lowest BCUT2D eigenvalue weighted by Crippen LogP contribution is -2.20. The van der Waals surface area contributed by atoms with Gasteiger partial charge in [0.05, 0.1) is 24.0 Å². The van der Waals surface area contributed by atoms with Crippen LogP contribution in [0, 0.1) is 0 Å². The minimum atomic E-state index is -0.670. The van der Waals surface area contributed by atoms with Gasteiger partial charge in [0, 0.05) is 16.7 Å². The smallest absolute Gasteiger partial charge is 0.255 e. The lowest BCUT2D eigenvalue weighted by Gasteiger charge is -2.13. The molecule has 3 aromatic rings. The molecule has 1 aromatic heterocycles. The number of benzene rings is 2. The number of carbonyl (C=O) groups is 2. The molecule has 0 spiro atoms. The highest BCUT2D eigenvalue weighted by Crippen LogP contribution is 2.36. The molecule has 0 aliphatic heterocycles. The topological polar surface area (TPSA) is 113 Å². The zero-order chi connectivity index (χ0) is 22.4. The van der Waals surface area contributed by atoms with Gasteiger partial charge in [-0.15, -0.1) is 0 Å². The number of amides is 2. The molecule has 1 heterocycles. The summed E-state index contributed by atoms with van der Waals surface area (Å²) in [6, 6.07) is 12.9. The quantitative estimate of drug-likeness (QED) is 0.516. The summed E-state index contributed by atoms with van der Waals surface area (Å²) < 4.78 is 16.1. The molecule has 2 amide bonds. The average molecular weight is 462 g/mol. The van der Waals surface area contributed by atoms with E-state index in [9.17, 15) is 9.59 Å². The van der Waals surface area contributed by atoms with Crippen molar-refractivity contribution in [2.45, 2.75) is 0 Å². The van der Waals surface area contributed by atoms with Crippen LogP contribution in [0.25, 0.3) is 0 Å². The van der Waals surface area contributed by atoms with Crippen molar-refractivity contribution >= 4 is 40.7 Å². The number of rotatable bonds is 8. The SMILES string of the molecule is COc1cc(C(=O)Nc2ccc(Oc3ccc(Cl)cc3)nc2)cc(Cl)c1OCC(N)=O. The molecule has 3 rings (SSSR count). The second-order valence-electron chi connectivity index (χ2n) is 6.14. The average Bonchev–Trinajstić information content (AvgIpc) is 2.75. The molecule has 0 fully saturated rings. The lowest BCUT2D eigenvalue weighted by atomic mass is 10.2. The minimum absolute atomic E-state index is 0.0931. The zero-order valence-corrected chi connectivity index (χ0v) is 17.7. The Kier molecular flexibility index (Phi) is 7.17. The summed E-state index contributed by atoms with van der Waals surface area (Å²) in [4.78, 5) is 27.7. The Morgan fingerprint density at radius 1 is 1.10 bits per heavy atom. The number of nitrogens with zero attached hydrogens (tertiary/aromatic N) is 1. The Hall–Kier alpha value is -3.49. The van der Waals surface area contributed by atoms with Gasteiger partial charge < -0.3 is 25.3 Å². The van der Waals surface area contributed by atoms with Crippen LogP contribution in [0.4, 0.5) is 5.69 Å². The van der Waals surface area contributed by atoms with E-state index in [0.29, 0.717) is 22.3 Å². The van der Waals surface area contributed by atoms with Gasteiger partial charge in [0.15, 0.2) is 18.1 Å². The third kappa shape index (κ3) is 6.00. The Balaban J connectivity index is 1.69. The van der Waals surface area contributed by atoms with Crippen molar-refractivity contribution in [3.8, 4) is 23.1 Å². The number of pyridine rings is 1. The van der Waals surface area contributed by atoms with Gasteiger partial charge in [0.1, 0.15) is 5.75 Å². The summed E-state index contributed by atoms with van der Waals surface area (Å²) in [5, 5.41) is 3.39. The maximum atomic E-state index is 12.6. The standard InChI is InChI=1S/C21H17Cl2N3O5/c1-29-17-9-12(8-16(23)20(17)30-11-18(24)27)21(28)26-14-4-7-19(25-10-14)31-15-5-2-13(22)3-6-15/h2-10H,11H2,1H3,(H2,24,27)(H,26,28). The maximum absolute atomic E-state index is 12.6. The van der Waals surface area contributed by atoms with Crippen molar-refractivity contribution in [3.05, 3.63) is 70.3 Å². The second-order valence-corrected chi connectivity index (χ2v) is 6.98. The monoisotopic (exact) mass is 461 g/mol. The molecule has 3 N–H and O–H groups in total. The third-order valence-electron chi connectivity index (χ3n) is 3.88. The number of hydrogen-bond donors (Lipinski definition) is 2. The number of methoxy groups -OCH3 is 1. The van der Waals surface area contributed by atoms with Crippen LogP contribution in [0.5, 0.6) is 23.1 Å². The molecular formula is C21H17Cl2N3O5. The van der Waals surface area contributed by atoms with Gasteiger partial charge in [-0.25, -0.2) is 4.98 Å². The van der Waals surface area contributed by atoms with E-state index in [2.05, 4.69) is 10.3 Å². The fourth-order valence-corrected chi connectivity index (χ4v) is 2.87. The van der Waals surface area contributed by atoms with Crippen molar-refractivity contribution in [1.82, 2.24) is 4.98 Å². The van der Waals surface area contributed by atoms with Gasteiger partial charge >= 0.3 is 0 Å². The van der Waals surface area contributed by atoms with E-state index in [1.807, 2.05) is 0 Å². The van der Waals surface area contributed by atoms with E-state index >= 15 is 0 Å². The van der Waals surface area contributed by atoms with Gasteiger partial charge in [-0.05, 0) is 42.5 Å². The fraction of sp³-hybridized carbons (Fsp3) is 0.0952. The summed E-state index contributed by atoms with van der Waals surface area (Å²) in [6.07, 6.45) is 1.45. The van der Waals surface area contributed by atoms with Crippen LogP contribution in [-0.4, -0.2) is 30.5 Å². The molecule has 10 heteroatoms. The number of nitrogens with two attached hydrogens (primary N) is 1. The normalized spacial score (nSPS) is 10.3. The molecule has 0 aliphatic carbocycles. The summed E-state index contributed by atoms with van der Waals surface area (Å²) in [5.74, 6) is 0.106. The van der Waals surface area contributed by atoms with E-state index in [1.165, 1.54) is 25.4 Å². The number of anilines is 1.